The van der Waals surface area contributed by atoms with E-state index in [9.17, 15) is 0 Å². The zero-order chi connectivity index (χ0) is 11.8. The van der Waals surface area contributed by atoms with Crippen LogP contribution in [0.4, 0.5) is 0 Å². The predicted molar refractivity (Wildman–Crippen MR) is 64.5 cm³/mol. The molecule has 0 fully saturated rings. The lowest BCUT2D eigenvalue weighted by molar-refractivity contribution is 0.301. The molecule has 2 heterocycles. The third-order valence-electron chi connectivity index (χ3n) is 2.72. The predicted octanol–water partition coefficient (Wildman–Crippen LogP) is 2.46. The third kappa shape index (κ3) is 1.81. The zero-order valence-corrected chi connectivity index (χ0v) is 10.4. The molecule has 0 amide bonds. The van der Waals surface area contributed by atoms with Gasteiger partial charge in [0.1, 0.15) is 17.0 Å². The second kappa shape index (κ2) is 3.90. The van der Waals surface area contributed by atoms with E-state index in [0.717, 1.165) is 21.6 Å². The first-order valence-corrected chi connectivity index (χ1v) is 5.93. The maximum Gasteiger partial charge on any atom is 0.130 e. The number of rotatable bonds is 0. The summed E-state index contributed by atoms with van der Waals surface area (Å²) in [4.78, 5) is 0. The van der Waals surface area contributed by atoms with Crippen LogP contribution in [0.3, 0.4) is 0 Å². The lowest BCUT2D eigenvalue weighted by Gasteiger charge is -2.06. The summed E-state index contributed by atoms with van der Waals surface area (Å²) in [5, 5.41) is 13.2. The number of halogens is 1. The van der Waals surface area contributed by atoms with E-state index >= 15 is 0 Å². The molecule has 1 aromatic carbocycles. The number of nitriles is 1. The van der Waals surface area contributed by atoms with E-state index in [-0.39, 0.29) is 0 Å². The molecule has 0 spiro atoms. The van der Waals surface area contributed by atoms with Crippen molar-refractivity contribution in [2.24, 2.45) is 0 Å². The van der Waals surface area contributed by atoms with Gasteiger partial charge in [0.05, 0.1) is 23.9 Å². The minimum absolute atomic E-state index is 0.498. The van der Waals surface area contributed by atoms with Crippen LogP contribution in [-0.2, 0) is 13.2 Å². The average Bonchev–Trinajstić information content (AvgIpc) is 2.59. The number of hydrogen-bond acceptors (Lipinski definition) is 3. The Bertz CT molecular complexity index is 627. The van der Waals surface area contributed by atoms with Gasteiger partial charge in [-0.05, 0) is 40.2 Å². The summed E-state index contributed by atoms with van der Waals surface area (Å²) in [5.41, 5.74) is 2.65. The molecule has 0 bridgehead atoms. The first kappa shape index (κ1) is 10.4. The van der Waals surface area contributed by atoms with E-state index in [0.29, 0.717) is 18.7 Å². The van der Waals surface area contributed by atoms with Crippen molar-refractivity contribution >= 4 is 15.9 Å². The van der Waals surface area contributed by atoms with Gasteiger partial charge in [0.25, 0.3) is 0 Å². The maximum absolute atomic E-state index is 8.89. The molecule has 1 aliphatic heterocycles. The van der Waals surface area contributed by atoms with Crippen LogP contribution in [0.1, 0.15) is 16.8 Å². The second-order valence-electron chi connectivity index (χ2n) is 3.84. The van der Waals surface area contributed by atoms with E-state index in [2.05, 4.69) is 27.1 Å². The van der Waals surface area contributed by atoms with Gasteiger partial charge in [-0.1, -0.05) is 0 Å². The van der Waals surface area contributed by atoms with Gasteiger partial charge >= 0.3 is 0 Å². The Hall–Kier alpha value is -1.80. The SMILES string of the molecule is N#Cc1ccc2c(c1)Cn1nc(Br)cc1CO2. The Balaban J connectivity index is 2.08. The molecule has 84 valence electrons. The molecular formula is C12H8BrN3O. The Morgan fingerprint density at radius 2 is 2.29 bits per heavy atom. The topological polar surface area (TPSA) is 50.8 Å². The molecule has 0 unspecified atom stereocenters. The largest absolute Gasteiger partial charge is 0.487 e. The number of hydrogen-bond donors (Lipinski definition) is 0. The van der Waals surface area contributed by atoms with Crippen molar-refractivity contribution in [1.29, 1.82) is 5.26 Å². The van der Waals surface area contributed by atoms with Gasteiger partial charge in [0, 0.05) is 5.56 Å². The molecule has 2 aromatic rings. The summed E-state index contributed by atoms with van der Waals surface area (Å²) >= 11 is 3.35. The van der Waals surface area contributed by atoms with Crippen molar-refractivity contribution in [3.05, 3.63) is 45.7 Å². The fourth-order valence-corrected chi connectivity index (χ4v) is 2.36. The van der Waals surface area contributed by atoms with Gasteiger partial charge in [-0.2, -0.15) is 10.4 Å². The maximum atomic E-state index is 8.89. The number of nitrogens with zero attached hydrogens (tertiary/aromatic N) is 3. The van der Waals surface area contributed by atoms with E-state index in [1.165, 1.54) is 0 Å². The van der Waals surface area contributed by atoms with E-state index in [1.807, 2.05) is 22.9 Å². The van der Waals surface area contributed by atoms with Crippen molar-refractivity contribution in [2.75, 3.05) is 0 Å². The van der Waals surface area contributed by atoms with Crippen molar-refractivity contribution < 1.29 is 4.74 Å². The van der Waals surface area contributed by atoms with Crippen LogP contribution in [0, 0.1) is 11.3 Å². The average molecular weight is 290 g/mol. The molecule has 5 heteroatoms. The van der Waals surface area contributed by atoms with Crippen molar-refractivity contribution in [2.45, 2.75) is 13.2 Å². The highest BCUT2D eigenvalue weighted by Gasteiger charge is 2.15. The van der Waals surface area contributed by atoms with E-state index < -0.39 is 0 Å². The van der Waals surface area contributed by atoms with E-state index in [1.54, 1.807) is 6.07 Å². The molecule has 0 radical (unpaired) electrons. The van der Waals surface area contributed by atoms with Gasteiger partial charge in [-0.15, -0.1) is 0 Å². The summed E-state index contributed by atoms with van der Waals surface area (Å²) in [6.07, 6.45) is 0. The summed E-state index contributed by atoms with van der Waals surface area (Å²) in [6.45, 7) is 1.13. The molecule has 0 N–H and O–H groups in total. The zero-order valence-electron chi connectivity index (χ0n) is 8.85. The lowest BCUT2D eigenvalue weighted by Crippen LogP contribution is -2.03. The Morgan fingerprint density at radius 3 is 3.12 bits per heavy atom. The number of aromatic nitrogens is 2. The summed E-state index contributed by atoms with van der Waals surface area (Å²) in [5.74, 6) is 0.825. The van der Waals surface area contributed by atoms with E-state index in [4.69, 9.17) is 10.00 Å². The fraction of sp³-hybridized carbons (Fsp3) is 0.167. The van der Waals surface area contributed by atoms with Crippen LogP contribution in [-0.4, -0.2) is 9.78 Å². The quantitative estimate of drug-likeness (QED) is 0.749. The summed E-state index contributed by atoms with van der Waals surface area (Å²) in [6, 6.07) is 9.53. The molecule has 17 heavy (non-hydrogen) atoms. The smallest absolute Gasteiger partial charge is 0.130 e. The van der Waals surface area contributed by atoms with Gasteiger partial charge in [0.15, 0.2) is 0 Å². The first-order chi connectivity index (χ1) is 8.26. The molecule has 0 aliphatic carbocycles. The molecule has 1 aromatic heterocycles. The summed E-state index contributed by atoms with van der Waals surface area (Å²) < 4.78 is 8.38. The molecule has 0 saturated heterocycles. The minimum Gasteiger partial charge on any atom is -0.487 e. The molecule has 4 nitrogen and oxygen atoms in total. The first-order valence-electron chi connectivity index (χ1n) is 5.14. The third-order valence-corrected chi connectivity index (χ3v) is 3.11. The molecule has 3 rings (SSSR count). The number of fused-ring (bicyclic) bond motifs is 2. The second-order valence-corrected chi connectivity index (χ2v) is 4.65. The highest BCUT2D eigenvalue weighted by atomic mass is 79.9. The van der Waals surface area contributed by atoms with Crippen molar-refractivity contribution in [1.82, 2.24) is 9.78 Å². The summed E-state index contributed by atoms with van der Waals surface area (Å²) in [7, 11) is 0. The highest BCUT2D eigenvalue weighted by molar-refractivity contribution is 9.10. The standard InChI is InChI=1S/C12H8BrN3O/c13-12-4-10-7-17-11-2-1-8(5-14)3-9(11)6-16(10)15-12/h1-4H,6-7H2. The van der Waals surface area contributed by atoms with Crippen LogP contribution in [0.5, 0.6) is 5.75 Å². The van der Waals surface area contributed by atoms with Crippen LogP contribution in [0.25, 0.3) is 0 Å². The van der Waals surface area contributed by atoms with Crippen molar-refractivity contribution in [3.8, 4) is 11.8 Å². The fourth-order valence-electron chi connectivity index (χ4n) is 1.90. The Morgan fingerprint density at radius 1 is 1.41 bits per heavy atom. The van der Waals surface area contributed by atoms with Crippen molar-refractivity contribution in [3.63, 3.8) is 0 Å². The number of ether oxygens (including phenoxy) is 1. The molecular weight excluding hydrogens is 282 g/mol. The number of benzene rings is 1. The Kier molecular flexibility index (Phi) is 2.37. The van der Waals surface area contributed by atoms with Crippen LogP contribution < -0.4 is 4.74 Å². The van der Waals surface area contributed by atoms with Crippen LogP contribution in [0.2, 0.25) is 0 Å². The van der Waals surface area contributed by atoms with Crippen LogP contribution >= 0.6 is 15.9 Å². The molecule has 1 aliphatic rings. The molecule has 0 saturated carbocycles. The Labute approximate surface area is 107 Å². The van der Waals surface area contributed by atoms with Gasteiger partial charge in [-0.3, -0.25) is 4.68 Å². The monoisotopic (exact) mass is 289 g/mol. The minimum atomic E-state index is 0.498. The highest BCUT2D eigenvalue weighted by Crippen LogP contribution is 2.26. The van der Waals surface area contributed by atoms with Gasteiger partial charge in [0.2, 0.25) is 0 Å². The normalized spacial score (nSPS) is 12.9. The van der Waals surface area contributed by atoms with Crippen LogP contribution in [0.15, 0.2) is 28.9 Å². The molecule has 0 atom stereocenters. The van der Waals surface area contributed by atoms with Gasteiger partial charge < -0.3 is 4.74 Å². The van der Waals surface area contributed by atoms with Gasteiger partial charge in [-0.25, -0.2) is 0 Å². The lowest BCUT2D eigenvalue weighted by atomic mass is 10.1.